The molecule has 0 aromatic heterocycles. The number of nitrogens with two attached hydrogens (primary N) is 2. The van der Waals surface area contributed by atoms with Gasteiger partial charge in [0.2, 0.25) is 5.91 Å². The Kier molecular flexibility index (Phi) is 32.7. The van der Waals surface area contributed by atoms with Crippen LogP contribution in [0.4, 0.5) is 0 Å². The molecular weight excluding hydrogens is 154 g/mol. The average molecular weight is 177 g/mol. The first-order chi connectivity index (χ1) is 5.68. The van der Waals surface area contributed by atoms with Gasteiger partial charge in [-0.15, -0.1) is 0 Å². The lowest BCUT2D eigenvalue weighted by Gasteiger charge is -1.93. The van der Waals surface area contributed by atoms with Crippen molar-refractivity contribution in [1.82, 2.24) is 5.32 Å². The lowest BCUT2D eigenvalue weighted by atomic mass is 10.6. The minimum Gasteiger partial charge on any atom is -0.355 e. The second kappa shape index (κ2) is 22.4. The summed E-state index contributed by atoms with van der Waals surface area (Å²) in [5.41, 5.74) is 9.91. The van der Waals surface area contributed by atoms with Gasteiger partial charge in [0.05, 0.1) is 0 Å². The van der Waals surface area contributed by atoms with Crippen LogP contribution in [-0.4, -0.2) is 25.5 Å². The summed E-state index contributed by atoms with van der Waals surface area (Å²) in [6.45, 7) is 9.21. The number of hydrogen-bond donors (Lipinski definition) is 3. The quantitative estimate of drug-likeness (QED) is 0.558. The standard InChI is InChI=1S/C4H10N2O.C2H7N.C2H6/c1-4(7)6-3-2-5;1-2-3;1-2/h2-3,5H2,1H3,(H,6,7);2-3H2,1H3;1-2H3. The van der Waals surface area contributed by atoms with Gasteiger partial charge in [0, 0.05) is 20.0 Å². The molecule has 0 atom stereocenters. The highest BCUT2D eigenvalue weighted by Crippen LogP contribution is 1.54. The monoisotopic (exact) mass is 177 g/mol. The highest BCUT2D eigenvalue weighted by molar-refractivity contribution is 5.72. The Morgan fingerprint density at radius 1 is 1.33 bits per heavy atom. The molecule has 0 heterocycles. The van der Waals surface area contributed by atoms with E-state index in [9.17, 15) is 4.79 Å². The molecule has 0 aromatic carbocycles. The van der Waals surface area contributed by atoms with Gasteiger partial charge in [-0.25, -0.2) is 0 Å². The maximum Gasteiger partial charge on any atom is 0.216 e. The second-order valence-corrected chi connectivity index (χ2v) is 1.68. The molecule has 0 saturated carbocycles. The summed E-state index contributed by atoms with van der Waals surface area (Å²) >= 11 is 0. The first kappa shape index (κ1) is 17.5. The summed E-state index contributed by atoms with van der Waals surface area (Å²) < 4.78 is 0. The summed E-state index contributed by atoms with van der Waals surface area (Å²) in [6, 6.07) is 0. The van der Waals surface area contributed by atoms with Crippen LogP contribution >= 0.6 is 0 Å². The molecule has 0 aliphatic rings. The van der Waals surface area contributed by atoms with Crippen molar-refractivity contribution in [3.05, 3.63) is 0 Å². The Bertz CT molecular complexity index is 76.7. The van der Waals surface area contributed by atoms with E-state index in [-0.39, 0.29) is 5.91 Å². The van der Waals surface area contributed by atoms with E-state index in [4.69, 9.17) is 11.5 Å². The van der Waals surface area contributed by atoms with E-state index in [1.165, 1.54) is 6.92 Å². The van der Waals surface area contributed by atoms with Gasteiger partial charge in [0.15, 0.2) is 0 Å². The van der Waals surface area contributed by atoms with Gasteiger partial charge in [-0.1, -0.05) is 20.8 Å². The normalized spacial score (nSPS) is 6.83. The molecule has 4 nitrogen and oxygen atoms in total. The Morgan fingerprint density at radius 3 is 1.75 bits per heavy atom. The molecule has 0 unspecified atom stereocenters. The van der Waals surface area contributed by atoms with E-state index in [1.807, 2.05) is 20.8 Å². The maximum absolute atomic E-state index is 10.0. The molecule has 12 heavy (non-hydrogen) atoms. The zero-order chi connectivity index (χ0) is 10.4. The fourth-order valence-corrected chi connectivity index (χ4v) is 0.248. The molecule has 76 valence electrons. The van der Waals surface area contributed by atoms with Crippen molar-refractivity contribution in [2.24, 2.45) is 11.5 Å². The van der Waals surface area contributed by atoms with Gasteiger partial charge >= 0.3 is 0 Å². The average Bonchev–Trinajstić information content (AvgIpc) is 2.06. The van der Waals surface area contributed by atoms with Gasteiger partial charge in [-0.3, -0.25) is 4.79 Å². The number of carbonyl (C=O) groups is 1. The van der Waals surface area contributed by atoms with E-state index in [1.54, 1.807) is 0 Å². The molecule has 0 fully saturated rings. The Morgan fingerprint density at radius 2 is 1.67 bits per heavy atom. The maximum atomic E-state index is 10.0. The van der Waals surface area contributed by atoms with Crippen molar-refractivity contribution in [2.45, 2.75) is 27.7 Å². The van der Waals surface area contributed by atoms with Gasteiger partial charge in [0.25, 0.3) is 0 Å². The number of carbonyl (C=O) groups excluding carboxylic acids is 1. The number of hydrogen-bond acceptors (Lipinski definition) is 3. The van der Waals surface area contributed by atoms with Crippen LogP contribution in [0, 0.1) is 0 Å². The van der Waals surface area contributed by atoms with E-state index in [0.29, 0.717) is 13.1 Å². The summed E-state index contributed by atoms with van der Waals surface area (Å²) in [4.78, 5) is 10.0. The third-order valence-electron chi connectivity index (χ3n) is 0.518. The van der Waals surface area contributed by atoms with Crippen LogP contribution in [0.1, 0.15) is 27.7 Å². The molecule has 0 aliphatic heterocycles. The van der Waals surface area contributed by atoms with E-state index in [0.717, 1.165) is 6.54 Å². The Hall–Kier alpha value is -0.610. The number of amides is 1. The molecule has 0 radical (unpaired) electrons. The molecule has 0 rings (SSSR count). The zero-order valence-corrected chi connectivity index (χ0v) is 8.68. The van der Waals surface area contributed by atoms with Crippen LogP contribution in [0.15, 0.2) is 0 Å². The van der Waals surface area contributed by atoms with Gasteiger partial charge < -0.3 is 16.8 Å². The van der Waals surface area contributed by atoms with E-state index < -0.39 is 0 Å². The van der Waals surface area contributed by atoms with Crippen LogP contribution in [0.5, 0.6) is 0 Å². The Labute approximate surface area is 75.7 Å². The van der Waals surface area contributed by atoms with Crippen LogP contribution in [0.25, 0.3) is 0 Å². The topological polar surface area (TPSA) is 81.1 Å². The lowest BCUT2D eigenvalue weighted by Crippen LogP contribution is -2.26. The second-order valence-electron chi connectivity index (χ2n) is 1.68. The molecule has 0 aromatic rings. The molecule has 4 heteroatoms. The number of rotatable bonds is 2. The minimum absolute atomic E-state index is 0.0227. The predicted octanol–water partition coefficient (Wildman–Crippen LogP) is 0.0724. The summed E-state index contributed by atoms with van der Waals surface area (Å²) in [6.07, 6.45) is 0. The SMILES string of the molecule is CC.CC(=O)NCCN.CCN. The third kappa shape index (κ3) is 57.5. The molecule has 0 aliphatic carbocycles. The zero-order valence-electron chi connectivity index (χ0n) is 8.68. The van der Waals surface area contributed by atoms with Crippen LogP contribution in [0.3, 0.4) is 0 Å². The molecule has 1 amide bonds. The molecule has 5 N–H and O–H groups in total. The smallest absolute Gasteiger partial charge is 0.216 e. The molecule has 0 spiro atoms. The fourth-order valence-electron chi connectivity index (χ4n) is 0.248. The highest BCUT2D eigenvalue weighted by atomic mass is 16.1. The van der Waals surface area contributed by atoms with Crippen molar-refractivity contribution < 1.29 is 4.79 Å². The summed E-state index contributed by atoms with van der Waals surface area (Å²) in [7, 11) is 0. The fraction of sp³-hybridized carbons (Fsp3) is 0.875. The van der Waals surface area contributed by atoms with Crippen molar-refractivity contribution in [1.29, 1.82) is 0 Å². The van der Waals surface area contributed by atoms with Crippen molar-refractivity contribution in [2.75, 3.05) is 19.6 Å². The molecular formula is C8H23N3O. The van der Waals surface area contributed by atoms with Crippen molar-refractivity contribution in [3.8, 4) is 0 Å². The van der Waals surface area contributed by atoms with Gasteiger partial charge in [-0.2, -0.15) is 0 Å². The van der Waals surface area contributed by atoms with Gasteiger partial charge in [0.1, 0.15) is 0 Å². The predicted molar refractivity (Wildman–Crippen MR) is 53.8 cm³/mol. The lowest BCUT2D eigenvalue weighted by molar-refractivity contribution is -0.118. The van der Waals surface area contributed by atoms with Crippen molar-refractivity contribution in [3.63, 3.8) is 0 Å². The molecule has 0 bridgehead atoms. The minimum atomic E-state index is -0.0227. The van der Waals surface area contributed by atoms with Crippen LogP contribution in [-0.2, 0) is 4.79 Å². The summed E-state index contributed by atoms with van der Waals surface area (Å²) in [5.74, 6) is -0.0227. The Balaban J connectivity index is -0.000000137. The van der Waals surface area contributed by atoms with E-state index >= 15 is 0 Å². The van der Waals surface area contributed by atoms with Crippen LogP contribution in [0.2, 0.25) is 0 Å². The molecule has 0 saturated heterocycles. The summed E-state index contributed by atoms with van der Waals surface area (Å²) in [5, 5.41) is 2.53. The van der Waals surface area contributed by atoms with E-state index in [2.05, 4.69) is 5.32 Å². The third-order valence-corrected chi connectivity index (χ3v) is 0.518. The first-order valence-corrected chi connectivity index (χ1v) is 4.33. The van der Waals surface area contributed by atoms with Crippen molar-refractivity contribution >= 4 is 5.91 Å². The highest BCUT2D eigenvalue weighted by Gasteiger charge is 1.83. The largest absolute Gasteiger partial charge is 0.355 e. The van der Waals surface area contributed by atoms with Crippen LogP contribution < -0.4 is 16.8 Å². The number of nitrogens with one attached hydrogen (secondary N) is 1. The van der Waals surface area contributed by atoms with Gasteiger partial charge in [-0.05, 0) is 6.54 Å². The first-order valence-electron chi connectivity index (χ1n) is 4.33.